The zero-order chi connectivity index (χ0) is 29.2. The molecule has 8 nitrogen and oxygen atoms in total. The number of nitro groups is 1. The zero-order valence-electron chi connectivity index (χ0n) is 24.5. The Morgan fingerprint density at radius 2 is 1.52 bits per heavy atom. The van der Waals surface area contributed by atoms with E-state index in [2.05, 4.69) is 68.7 Å². The van der Waals surface area contributed by atoms with Gasteiger partial charge in [0, 0.05) is 51.9 Å². The molecule has 0 aliphatic heterocycles. The van der Waals surface area contributed by atoms with E-state index < -0.39 is 21.8 Å². The summed E-state index contributed by atoms with van der Waals surface area (Å²) in [6.07, 6.45) is 0.753. The Balaban J connectivity index is 1.72. The van der Waals surface area contributed by atoms with Crippen LogP contribution in [-0.4, -0.2) is 47.1 Å². The molecule has 0 unspecified atom stereocenters. The van der Waals surface area contributed by atoms with Crippen LogP contribution in [0.1, 0.15) is 58.3 Å². The summed E-state index contributed by atoms with van der Waals surface area (Å²) in [4.78, 5) is 26.3. The number of nitro benzene ring substituents is 1. The quantitative estimate of drug-likeness (QED) is 0.145. The van der Waals surface area contributed by atoms with E-state index in [-0.39, 0.29) is 29.4 Å². The van der Waals surface area contributed by atoms with E-state index in [1.165, 1.54) is 30.0 Å². The molecule has 0 radical (unpaired) electrons. The standard InChI is InChI=1S/C32H39N3O5/c1-8-18-33(9-2)30(36)24-19-28(39-7)29(20-27(24)35(37)38)40-21-31(3,4)32(5,6)34-25-16-12-10-14-22(25)23-15-11-13-17-26(23)34/h10-17,19-20H,8-9,18,21H2,1-7H3. The second-order valence-electron chi connectivity index (χ2n) is 11.3. The average molecular weight is 546 g/mol. The molecule has 0 bridgehead atoms. The molecule has 0 aliphatic carbocycles. The summed E-state index contributed by atoms with van der Waals surface area (Å²) in [7, 11) is 1.47. The molecule has 1 amide bonds. The fraction of sp³-hybridized carbons (Fsp3) is 0.406. The first-order valence-electron chi connectivity index (χ1n) is 13.8. The Hall–Kier alpha value is -4.07. The van der Waals surface area contributed by atoms with Crippen molar-refractivity contribution in [2.45, 2.75) is 53.5 Å². The summed E-state index contributed by atoms with van der Waals surface area (Å²) >= 11 is 0. The highest BCUT2D eigenvalue weighted by Crippen LogP contribution is 2.44. The fourth-order valence-corrected chi connectivity index (χ4v) is 5.25. The van der Waals surface area contributed by atoms with Crippen LogP contribution in [0.5, 0.6) is 11.5 Å². The molecule has 1 aromatic heterocycles. The lowest BCUT2D eigenvalue weighted by molar-refractivity contribution is -0.385. The van der Waals surface area contributed by atoms with Gasteiger partial charge in [-0.15, -0.1) is 0 Å². The van der Waals surface area contributed by atoms with Gasteiger partial charge in [0.25, 0.3) is 11.6 Å². The first kappa shape index (κ1) is 28.9. The van der Waals surface area contributed by atoms with Crippen LogP contribution in [0, 0.1) is 15.5 Å². The number of carbonyl (C=O) groups excluding carboxylic acids is 1. The van der Waals surface area contributed by atoms with Crippen molar-refractivity contribution in [3.63, 3.8) is 0 Å². The molecule has 4 aromatic rings. The van der Waals surface area contributed by atoms with E-state index in [1.54, 1.807) is 4.90 Å². The van der Waals surface area contributed by atoms with Crippen LogP contribution in [-0.2, 0) is 5.54 Å². The maximum Gasteiger partial charge on any atom is 0.286 e. The molecule has 4 rings (SSSR count). The van der Waals surface area contributed by atoms with Gasteiger partial charge in [-0.2, -0.15) is 0 Å². The summed E-state index contributed by atoms with van der Waals surface area (Å²) in [6.45, 7) is 13.7. The molecular formula is C32H39N3O5. The van der Waals surface area contributed by atoms with Crippen molar-refractivity contribution in [3.05, 3.63) is 76.3 Å². The molecule has 40 heavy (non-hydrogen) atoms. The minimum Gasteiger partial charge on any atom is -0.493 e. The number of para-hydroxylation sites is 2. The van der Waals surface area contributed by atoms with Crippen molar-refractivity contribution < 1.29 is 19.2 Å². The Morgan fingerprint density at radius 3 is 2.02 bits per heavy atom. The average Bonchev–Trinajstić information content (AvgIpc) is 3.29. The number of nitrogens with zero attached hydrogens (tertiary/aromatic N) is 3. The van der Waals surface area contributed by atoms with Crippen LogP contribution < -0.4 is 9.47 Å². The van der Waals surface area contributed by atoms with Gasteiger partial charge in [0.2, 0.25) is 0 Å². The number of aromatic nitrogens is 1. The van der Waals surface area contributed by atoms with Crippen LogP contribution >= 0.6 is 0 Å². The van der Waals surface area contributed by atoms with Crippen molar-refractivity contribution in [1.82, 2.24) is 9.47 Å². The van der Waals surface area contributed by atoms with Crippen molar-refractivity contribution in [1.29, 1.82) is 0 Å². The summed E-state index contributed by atoms with van der Waals surface area (Å²) in [5.41, 5.74) is 1.10. The van der Waals surface area contributed by atoms with E-state index in [4.69, 9.17) is 9.47 Å². The fourth-order valence-electron chi connectivity index (χ4n) is 5.25. The van der Waals surface area contributed by atoms with E-state index in [0.29, 0.717) is 13.1 Å². The molecule has 0 spiro atoms. The number of ether oxygens (including phenoxy) is 2. The molecule has 0 aliphatic rings. The molecule has 1 heterocycles. The topological polar surface area (TPSA) is 86.8 Å². The summed E-state index contributed by atoms with van der Waals surface area (Å²) < 4.78 is 14.2. The number of hydrogen-bond acceptors (Lipinski definition) is 5. The van der Waals surface area contributed by atoms with Crippen LogP contribution in [0.25, 0.3) is 21.8 Å². The van der Waals surface area contributed by atoms with Gasteiger partial charge in [-0.3, -0.25) is 14.9 Å². The van der Waals surface area contributed by atoms with E-state index in [1.807, 2.05) is 26.0 Å². The first-order valence-corrected chi connectivity index (χ1v) is 13.8. The third-order valence-corrected chi connectivity index (χ3v) is 8.26. The van der Waals surface area contributed by atoms with E-state index in [9.17, 15) is 14.9 Å². The van der Waals surface area contributed by atoms with Gasteiger partial charge in [0.05, 0.1) is 24.7 Å². The smallest absolute Gasteiger partial charge is 0.286 e. The van der Waals surface area contributed by atoms with Crippen LogP contribution in [0.2, 0.25) is 0 Å². The number of rotatable bonds is 11. The third kappa shape index (κ3) is 4.98. The molecule has 8 heteroatoms. The molecule has 3 aromatic carbocycles. The van der Waals surface area contributed by atoms with Crippen molar-refractivity contribution in [2.24, 2.45) is 5.41 Å². The Bertz CT molecular complexity index is 1500. The van der Waals surface area contributed by atoms with E-state index >= 15 is 0 Å². The molecular weight excluding hydrogens is 506 g/mol. The summed E-state index contributed by atoms with van der Waals surface area (Å²) in [5.74, 6) is 0.121. The Labute approximate surface area is 235 Å². The maximum absolute atomic E-state index is 13.2. The molecule has 212 valence electrons. The van der Waals surface area contributed by atoms with Crippen molar-refractivity contribution in [3.8, 4) is 11.5 Å². The van der Waals surface area contributed by atoms with Crippen LogP contribution in [0.4, 0.5) is 5.69 Å². The second-order valence-corrected chi connectivity index (χ2v) is 11.3. The third-order valence-electron chi connectivity index (χ3n) is 8.26. The molecule has 0 N–H and O–H groups in total. The maximum atomic E-state index is 13.2. The normalized spacial score (nSPS) is 12.1. The number of amides is 1. The lowest BCUT2D eigenvalue weighted by Gasteiger charge is -2.43. The highest BCUT2D eigenvalue weighted by Gasteiger charge is 2.41. The predicted octanol–water partition coefficient (Wildman–Crippen LogP) is 7.42. The van der Waals surface area contributed by atoms with Gasteiger partial charge < -0.3 is 18.9 Å². The molecule has 0 fully saturated rings. The monoisotopic (exact) mass is 545 g/mol. The number of carbonyl (C=O) groups is 1. The Morgan fingerprint density at radius 1 is 0.950 bits per heavy atom. The van der Waals surface area contributed by atoms with Gasteiger partial charge in [-0.05, 0) is 39.3 Å². The number of fused-ring (bicyclic) bond motifs is 3. The van der Waals surface area contributed by atoms with Crippen molar-refractivity contribution >= 4 is 33.4 Å². The molecule has 0 atom stereocenters. The molecule has 0 saturated heterocycles. The second kappa shape index (κ2) is 11.2. The summed E-state index contributed by atoms with van der Waals surface area (Å²) in [6, 6.07) is 19.5. The number of methoxy groups -OCH3 is 1. The summed E-state index contributed by atoms with van der Waals surface area (Å²) in [5, 5.41) is 14.4. The lowest BCUT2D eigenvalue weighted by atomic mass is 9.74. The van der Waals surface area contributed by atoms with Crippen LogP contribution in [0.3, 0.4) is 0 Å². The minimum absolute atomic E-state index is 0.00521. The number of hydrogen-bond donors (Lipinski definition) is 0. The lowest BCUT2D eigenvalue weighted by Crippen LogP contribution is -2.45. The molecule has 0 saturated carbocycles. The van der Waals surface area contributed by atoms with Gasteiger partial charge in [0.15, 0.2) is 11.5 Å². The Kier molecular flexibility index (Phi) is 8.10. The predicted molar refractivity (Wildman–Crippen MR) is 160 cm³/mol. The highest BCUT2D eigenvalue weighted by atomic mass is 16.6. The number of benzene rings is 3. The SMILES string of the molecule is CCCN(CC)C(=O)c1cc(OC)c(OCC(C)(C)C(C)(C)n2c3ccccc3c3ccccc32)cc1[N+](=O)[O-]. The first-order chi connectivity index (χ1) is 19.0. The largest absolute Gasteiger partial charge is 0.493 e. The minimum atomic E-state index is -0.535. The zero-order valence-corrected chi connectivity index (χ0v) is 24.5. The van der Waals surface area contributed by atoms with Gasteiger partial charge in [-0.25, -0.2) is 0 Å². The highest BCUT2D eigenvalue weighted by molar-refractivity contribution is 6.08. The van der Waals surface area contributed by atoms with Crippen LogP contribution in [0.15, 0.2) is 60.7 Å². The van der Waals surface area contributed by atoms with Gasteiger partial charge in [0.1, 0.15) is 5.56 Å². The van der Waals surface area contributed by atoms with Gasteiger partial charge >= 0.3 is 0 Å². The van der Waals surface area contributed by atoms with E-state index in [0.717, 1.165) is 17.5 Å². The van der Waals surface area contributed by atoms with Crippen molar-refractivity contribution in [2.75, 3.05) is 26.8 Å². The van der Waals surface area contributed by atoms with Gasteiger partial charge in [-0.1, -0.05) is 57.2 Å².